The quantitative estimate of drug-likeness (QED) is 0.590. The summed E-state index contributed by atoms with van der Waals surface area (Å²) < 4.78 is 25.6. The van der Waals surface area contributed by atoms with Gasteiger partial charge in [0.2, 0.25) is 0 Å². The smallest absolute Gasteiger partial charge is 0.162 e. The normalized spacial score (nSPS) is 9.07. The largest absolute Gasteiger partial charge is 0.388 e. The van der Waals surface area contributed by atoms with Crippen LogP contribution < -0.4 is 5.73 Å². The van der Waals surface area contributed by atoms with E-state index < -0.39 is 11.6 Å². The molecule has 15 heavy (non-hydrogen) atoms. The van der Waals surface area contributed by atoms with Crippen LogP contribution in [0.3, 0.4) is 0 Å². The topological polar surface area (TPSA) is 49.9 Å². The number of amidine groups is 1. The number of benzene rings is 1. The van der Waals surface area contributed by atoms with Gasteiger partial charge in [-0.15, -0.1) is 0 Å². The highest BCUT2D eigenvalue weighted by Gasteiger charge is 2.06. The molecule has 2 nitrogen and oxygen atoms in total. The highest BCUT2D eigenvalue weighted by Crippen LogP contribution is 2.12. The van der Waals surface area contributed by atoms with Gasteiger partial charge in [0.25, 0.3) is 0 Å². The molecule has 84 valence electrons. The minimum atomic E-state index is -0.860. The molecular formula is C11H16F2N2. The summed E-state index contributed by atoms with van der Waals surface area (Å²) in [6, 6.07) is 3.99. The fourth-order valence-electron chi connectivity index (χ4n) is 1.01. The number of nitrogens with one attached hydrogen (secondary N) is 1. The van der Waals surface area contributed by atoms with Gasteiger partial charge in [-0.2, -0.15) is 0 Å². The first-order valence-electron chi connectivity index (χ1n) is 4.87. The number of halogens is 2. The lowest BCUT2D eigenvalue weighted by molar-refractivity contribution is 0.499. The summed E-state index contributed by atoms with van der Waals surface area (Å²) >= 11 is 0. The van der Waals surface area contributed by atoms with Gasteiger partial charge in [0.15, 0.2) is 11.6 Å². The Morgan fingerprint density at radius 1 is 1.33 bits per heavy atom. The van der Waals surface area contributed by atoms with Crippen molar-refractivity contribution in [3.8, 4) is 0 Å². The Labute approximate surface area is 88.6 Å². The van der Waals surface area contributed by atoms with E-state index >= 15 is 0 Å². The molecule has 1 rings (SSSR count). The predicted octanol–water partition coefficient (Wildman–Crippen LogP) is 2.86. The van der Waals surface area contributed by atoms with Crippen LogP contribution in [-0.2, 0) is 6.42 Å². The van der Waals surface area contributed by atoms with E-state index in [1.54, 1.807) is 0 Å². The van der Waals surface area contributed by atoms with Gasteiger partial charge in [0.05, 0.1) is 5.84 Å². The number of hydrogen-bond donors (Lipinski definition) is 2. The van der Waals surface area contributed by atoms with E-state index in [0.29, 0.717) is 0 Å². The molecule has 3 N–H and O–H groups in total. The third-order valence-corrected chi connectivity index (χ3v) is 1.70. The molecule has 0 aliphatic carbocycles. The van der Waals surface area contributed by atoms with Crippen molar-refractivity contribution in [1.29, 1.82) is 5.41 Å². The van der Waals surface area contributed by atoms with Crippen LogP contribution >= 0.6 is 0 Å². The zero-order chi connectivity index (χ0) is 11.8. The van der Waals surface area contributed by atoms with Gasteiger partial charge in [-0.1, -0.05) is 26.0 Å². The second-order valence-electron chi connectivity index (χ2n) is 2.74. The Balaban J connectivity index is 0.000000921. The van der Waals surface area contributed by atoms with Crippen LogP contribution in [0.1, 0.15) is 25.8 Å². The highest BCUT2D eigenvalue weighted by atomic mass is 19.2. The molecule has 0 aliphatic rings. The van der Waals surface area contributed by atoms with Gasteiger partial charge in [-0.25, -0.2) is 8.78 Å². The zero-order valence-electron chi connectivity index (χ0n) is 8.98. The summed E-state index contributed by atoms with van der Waals surface area (Å²) in [4.78, 5) is 0. The van der Waals surface area contributed by atoms with Crippen molar-refractivity contribution >= 4 is 5.84 Å². The highest BCUT2D eigenvalue weighted by molar-refractivity contribution is 5.77. The molecule has 0 bridgehead atoms. The van der Waals surface area contributed by atoms with E-state index in [2.05, 4.69) is 0 Å². The summed E-state index contributed by atoms with van der Waals surface area (Å²) in [6.07, 6.45) is 0.513. The van der Waals surface area contributed by atoms with Gasteiger partial charge in [0, 0.05) is 6.42 Å². The first-order valence-corrected chi connectivity index (χ1v) is 4.87. The predicted molar refractivity (Wildman–Crippen MR) is 57.9 cm³/mol. The van der Waals surface area contributed by atoms with Crippen LogP contribution in [0.5, 0.6) is 0 Å². The van der Waals surface area contributed by atoms with Crippen LogP contribution in [0.2, 0.25) is 0 Å². The van der Waals surface area contributed by atoms with E-state index in [4.69, 9.17) is 11.1 Å². The van der Waals surface area contributed by atoms with Crippen molar-refractivity contribution in [2.75, 3.05) is 0 Å². The Hall–Kier alpha value is -1.45. The first-order chi connectivity index (χ1) is 7.11. The summed E-state index contributed by atoms with van der Waals surface area (Å²) in [5.74, 6) is -1.73. The van der Waals surface area contributed by atoms with Crippen molar-refractivity contribution in [2.24, 2.45) is 5.73 Å². The van der Waals surface area contributed by atoms with E-state index in [9.17, 15) is 8.78 Å². The van der Waals surface area contributed by atoms with Gasteiger partial charge >= 0.3 is 0 Å². The Morgan fingerprint density at radius 3 is 2.47 bits per heavy atom. The molecule has 0 heterocycles. The molecular weight excluding hydrogens is 198 g/mol. The third kappa shape index (κ3) is 4.54. The lowest BCUT2D eigenvalue weighted by Gasteiger charge is -2.02. The van der Waals surface area contributed by atoms with Crippen molar-refractivity contribution in [3.05, 3.63) is 35.4 Å². The van der Waals surface area contributed by atoms with Crippen LogP contribution in [0.25, 0.3) is 0 Å². The molecule has 1 aromatic rings. The minimum absolute atomic E-state index is 0.0244. The zero-order valence-corrected chi connectivity index (χ0v) is 8.98. The van der Waals surface area contributed by atoms with E-state index in [0.717, 1.165) is 6.07 Å². The second-order valence-corrected chi connectivity index (χ2v) is 2.74. The molecule has 0 aliphatic heterocycles. The molecule has 0 atom stereocenters. The standard InChI is InChI=1S/C9H10F2N2.C2H6/c10-7-3-1-2-6(9(7)11)4-5-8(12)13;1-2/h1-3H,4-5H2,(H3,12,13);1-2H3. The summed E-state index contributed by atoms with van der Waals surface area (Å²) in [7, 11) is 0. The Morgan fingerprint density at radius 2 is 1.93 bits per heavy atom. The number of aryl methyl sites for hydroxylation is 1. The van der Waals surface area contributed by atoms with Crippen molar-refractivity contribution in [3.63, 3.8) is 0 Å². The average molecular weight is 214 g/mol. The van der Waals surface area contributed by atoms with Gasteiger partial charge in [-0.3, -0.25) is 5.41 Å². The molecule has 0 saturated heterocycles. The van der Waals surface area contributed by atoms with E-state index in [-0.39, 0.29) is 24.2 Å². The third-order valence-electron chi connectivity index (χ3n) is 1.70. The second kappa shape index (κ2) is 6.92. The van der Waals surface area contributed by atoms with Crippen molar-refractivity contribution in [2.45, 2.75) is 26.7 Å². The summed E-state index contributed by atoms with van der Waals surface area (Å²) in [5, 5.41) is 6.93. The first kappa shape index (κ1) is 13.6. The van der Waals surface area contributed by atoms with Gasteiger partial charge in [-0.05, 0) is 18.1 Å². The van der Waals surface area contributed by atoms with E-state index in [1.165, 1.54) is 12.1 Å². The molecule has 0 fully saturated rings. The van der Waals surface area contributed by atoms with Crippen LogP contribution in [-0.4, -0.2) is 5.84 Å². The summed E-state index contributed by atoms with van der Waals surface area (Å²) in [6.45, 7) is 4.00. The van der Waals surface area contributed by atoms with Crippen LogP contribution in [0.15, 0.2) is 18.2 Å². The molecule has 0 unspecified atom stereocenters. The monoisotopic (exact) mass is 214 g/mol. The molecule has 1 aromatic carbocycles. The maximum absolute atomic E-state index is 13.0. The molecule has 0 aromatic heterocycles. The molecule has 0 amide bonds. The lowest BCUT2D eigenvalue weighted by atomic mass is 10.1. The van der Waals surface area contributed by atoms with Gasteiger partial charge in [0.1, 0.15) is 0 Å². The number of hydrogen-bond acceptors (Lipinski definition) is 1. The fourth-order valence-corrected chi connectivity index (χ4v) is 1.01. The molecule has 0 saturated carbocycles. The minimum Gasteiger partial charge on any atom is -0.388 e. The Kier molecular flexibility index (Phi) is 6.25. The van der Waals surface area contributed by atoms with Crippen LogP contribution in [0.4, 0.5) is 8.78 Å². The lowest BCUT2D eigenvalue weighted by Crippen LogP contribution is -2.10. The fraction of sp³-hybridized carbons (Fsp3) is 0.364. The number of nitrogens with two attached hydrogens (primary N) is 1. The van der Waals surface area contributed by atoms with Crippen molar-refractivity contribution in [1.82, 2.24) is 0 Å². The van der Waals surface area contributed by atoms with Gasteiger partial charge < -0.3 is 5.73 Å². The average Bonchev–Trinajstić information content (AvgIpc) is 2.23. The molecule has 0 radical (unpaired) electrons. The molecule has 0 spiro atoms. The maximum atomic E-state index is 13.0. The SMILES string of the molecule is CC.N=C(N)CCc1cccc(F)c1F. The van der Waals surface area contributed by atoms with Crippen molar-refractivity contribution < 1.29 is 8.78 Å². The molecule has 4 heteroatoms. The van der Waals surface area contributed by atoms with Crippen LogP contribution in [0, 0.1) is 17.0 Å². The van der Waals surface area contributed by atoms with E-state index in [1.807, 2.05) is 13.8 Å². The maximum Gasteiger partial charge on any atom is 0.162 e. The summed E-state index contributed by atoms with van der Waals surface area (Å²) in [5.41, 5.74) is 5.35. The Bertz CT molecular complexity index is 324. The number of rotatable bonds is 3.